The van der Waals surface area contributed by atoms with E-state index in [0.717, 1.165) is 0 Å². The van der Waals surface area contributed by atoms with Crippen molar-refractivity contribution in [3.8, 4) is 5.75 Å². The number of aliphatic carboxylic acids is 1. The molecule has 1 rings (SSSR count). The average Bonchev–Trinajstić information content (AvgIpc) is 2.40. The molecule has 1 unspecified atom stereocenters. The second-order valence-corrected chi connectivity index (χ2v) is 4.00. The number of ether oxygens (including phenoxy) is 1. The maximum atomic E-state index is 13.2. The summed E-state index contributed by atoms with van der Waals surface area (Å²) in [5.41, 5.74) is 0. The third-order valence-electron chi connectivity index (χ3n) is 2.47. The first-order chi connectivity index (χ1) is 9.54. The summed E-state index contributed by atoms with van der Waals surface area (Å²) in [5, 5.41) is 19.7. The van der Waals surface area contributed by atoms with Crippen molar-refractivity contribution in [2.75, 3.05) is 13.2 Å². The van der Waals surface area contributed by atoms with Crippen molar-refractivity contribution >= 4 is 11.9 Å². The summed E-state index contributed by atoms with van der Waals surface area (Å²) in [6.45, 7) is -0.415. The summed E-state index contributed by atoms with van der Waals surface area (Å²) >= 11 is 0. The average molecular weight is 285 g/mol. The van der Waals surface area contributed by atoms with E-state index < -0.39 is 23.7 Å². The van der Waals surface area contributed by atoms with Crippen molar-refractivity contribution in [3.05, 3.63) is 30.1 Å². The molecule has 1 aromatic rings. The van der Waals surface area contributed by atoms with Crippen LogP contribution in [-0.4, -0.2) is 41.3 Å². The lowest BCUT2D eigenvalue weighted by atomic mass is 10.2. The number of carbonyl (C=O) groups excluding carboxylic acids is 1. The van der Waals surface area contributed by atoms with Gasteiger partial charge in [-0.25, -0.2) is 9.18 Å². The Hall–Kier alpha value is -2.15. The van der Waals surface area contributed by atoms with E-state index in [9.17, 15) is 14.0 Å². The Labute approximate surface area is 115 Å². The summed E-state index contributed by atoms with van der Waals surface area (Å²) in [7, 11) is 0. The van der Waals surface area contributed by atoms with E-state index in [0.29, 0.717) is 0 Å². The fourth-order valence-corrected chi connectivity index (χ4v) is 1.47. The molecule has 1 aromatic carbocycles. The fraction of sp³-hybridized carbons (Fsp3) is 0.385. The fourth-order valence-electron chi connectivity index (χ4n) is 1.47. The van der Waals surface area contributed by atoms with Gasteiger partial charge in [0.25, 0.3) is 0 Å². The Kier molecular flexibility index (Phi) is 6.45. The highest BCUT2D eigenvalue weighted by Gasteiger charge is 2.18. The second kappa shape index (κ2) is 8.11. The van der Waals surface area contributed by atoms with Crippen LogP contribution >= 0.6 is 0 Å². The Bertz CT molecular complexity index is 466. The standard InChI is InChI=1S/C13H16FNO5/c14-9-3-1-2-4-11(9)20-8-6-12(17)15-10(5-7-16)13(18)19/h1-4,10,16H,5-8H2,(H,15,17)(H,18,19). The lowest BCUT2D eigenvalue weighted by Gasteiger charge is -2.13. The number of para-hydroxylation sites is 1. The molecular formula is C13H16FNO5. The van der Waals surface area contributed by atoms with Gasteiger partial charge in [-0.15, -0.1) is 0 Å². The maximum Gasteiger partial charge on any atom is 0.326 e. The monoisotopic (exact) mass is 285 g/mol. The molecule has 3 N–H and O–H groups in total. The molecule has 0 aliphatic carbocycles. The van der Waals surface area contributed by atoms with Gasteiger partial charge in [-0.3, -0.25) is 4.79 Å². The largest absolute Gasteiger partial charge is 0.490 e. The zero-order chi connectivity index (χ0) is 15.0. The maximum absolute atomic E-state index is 13.2. The lowest BCUT2D eigenvalue weighted by Crippen LogP contribution is -2.41. The van der Waals surface area contributed by atoms with Gasteiger partial charge in [0.05, 0.1) is 13.0 Å². The molecule has 0 bridgehead atoms. The normalized spacial score (nSPS) is 11.7. The van der Waals surface area contributed by atoms with Crippen LogP contribution < -0.4 is 10.1 Å². The molecular weight excluding hydrogens is 269 g/mol. The zero-order valence-electron chi connectivity index (χ0n) is 10.7. The van der Waals surface area contributed by atoms with Crippen LogP contribution in [0.25, 0.3) is 0 Å². The third-order valence-corrected chi connectivity index (χ3v) is 2.47. The van der Waals surface area contributed by atoms with Crippen LogP contribution in [0.3, 0.4) is 0 Å². The molecule has 0 heterocycles. The molecule has 0 saturated carbocycles. The van der Waals surface area contributed by atoms with Crippen LogP contribution in [0.1, 0.15) is 12.8 Å². The molecule has 6 nitrogen and oxygen atoms in total. The Morgan fingerprint density at radius 3 is 2.65 bits per heavy atom. The number of carboxylic acid groups (broad SMARTS) is 1. The first kappa shape index (κ1) is 15.9. The van der Waals surface area contributed by atoms with Gasteiger partial charge in [0, 0.05) is 13.0 Å². The summed E-state index contributed by atoms with van der Waals surface area (Å²) < 4.78 is 18.3. The minimum atomic E-state index is -1.22. The molecule has 0 spiro atoms. The molecule has 1 amide bonds. The number of benzene rings is 1. The van der Waals surface area contributed by atoms with Crippen molar-refractivity contribution < 1.29 is 28.9 Å². The van der Waals surface area contributed by atoms with Crippen LogP contribution in [0.2, 0.25) is 0 Å². The number of amides is 1. The Morgan fingerprint density at radius 1 is 1.35 bits per heavy atom. The highest BCUT2D eigenvalue weighted by atomic mass is 19.1. The van der Waals surface area contributed by atoms with Crippen LogP contribution in [-0.2, 0) is 9.59 Å². The smallest absolute Gasteiger partial charge is 0.326 e. The van der Waals surface area contributed by atoms with Crippen LogP contribution in [0.5, 0.6) is 5.75 Å². The quantitative estimate of drug-likeness (QED) is 0.648. The minimum Gasteiger partial charge on any atom is -0.490 e. The zero-order valence-corrected chi connectivity index (χ0v) is 10.7. The first-order valence-electron chi connectivity index (χ1n) is 6.05. The van der Waals surface area contributed by atoms with Crippen molar-refractivity contribution in [1.29, 1.82) is 0 Å². The summed E-state index contributed by atoms with van der Waals surface area (Å²) in [4.78, 5) is 22.2. The Morgan fingerprint density at radius 2 is 2.05 bits per heavy atom. The number of carboxylic acids is 1. The van der Waals surface area contributed by atoms with E-state index in [1.54, 1.807) is 6.07 Å². The van der Waals surface area contributed by atoms with Gasteiger partial charge in [0.15, 0.2) is 11.6 Å². The van der Waals surface area contributed by atoms with Crippen LogP contribution in [0, 0.1) is 5.82 Å². The van der Waals surface area contributed by atoms with E-state index in [1.165, 1.54) is 18.2 Å². The van der Waals surface area contributed by atoms with E-state index in [4.69, 9.17) is 14.9 Å². The molecule has 0 fully saturated rings. The molecule has 7 heteroatoms. The summed E-state index contributed by atoms with van der Waals surface area (Å²) in [6.07, 6.45) is -0.182. The van der Waals surface area contributed by atoms with Crippen LogP contribution in [0.15, 0.2) is 24.3 Å². The summed E-state index contributed by atoms with van der Waals surface area (Å²) in [5.74, 6) is -2.26. The number of nitrogens with one attached hydrogen (secondary N) is 1. The minimum absolute atomic E-state index is 0.0328. The molecule has 0 saturated heterocycles. The number of hydrogen-bond acceptors (Lipinski definition) is 4. The predicted molar refractivity (Wildman–Crippen MR) is 67.8 cm³/mol. The molecule has 0 aliphatic rings. The molecule has 20 heavy (non-hydrogen) atoms. The van der Waals surface area contributed by atoms with Gasteiger partial charge in [-0.05, 0) is 12.1 Å². The number of rotatable bonds is 8. The van der Waals surface area contributed by atoms with E-state index in [1.807, 2.05) is 0 Å². The highest BCUT2D eigenvalue weighted by molar-refractivity contribution is 5.83. The van der Waals surface area contributed by atoms with Gasteiger partial charge in [-0.1, -0.05) is 12.1 Å². The molecule has 0 aromatic heterocycles. The summed E-state index contributed by atoms with van der Waals surface area (Å²) in [6, 6.07) is 4.64. The lowest BCUT2D eigenvalue weighted by molar-refractivity contribution is -0.142. The number of aliphatic hydroxyl groups is 1. The Balaban J connectivity index is 2.36. The molecule has 110 valence electrons. The number of carbonyl (C=O) groups is 2. The third kappa shape index (κ3) is 5.23. The van der Waals surface area contributed by atoms with Crippen molar-refractivity contribution in [3.63, 3.8) is 0 Å². The van der Waals surface area contributed by atoms with Crippen molar-refractivity contribution in [2.24, 2.45) is 0 Å². The van der Waals surface area contributed by atoms with Gasteiger partial charge in [0.1, 0.15) is 6.04 Å². The molecule has 0 radical (unpaired) electrons. The SMILES string of the molecule is O=C(CCOc1ccccc1F)NC(CCO)C(=O)O. The van der Waals surface area contributed by atoms with Gasteiger partial charge < -0.3 is 20.3 Å². The predicted octanol–water partition coefficient (Wildman–Crippen LogP) is 0.546. The topological polar surface area (TPSA) is 95.9 Å². The molecule has 0 aliphatic heterocycles. The van der Waals surface area contributed by atoms with Crippen molar-refractivity contribution in [1.82, 2.24) is 5.32 Å². The molecule has 1 atom stereocenters. The first-order valence-corrected chi connectivity index (χ1v) is 6.05. The van der Waals surface area contributed by atoms with Gasteiger partial charge in [-0.2, -0.15) is 0 Å². The van der Waals surface area contributed by atoms with E-state index >= 15 is 0 Å². The van der Waals surface area contributed by atoms with Gasteiger partial charge in [0.2, 0.25) is 5.91 Å². The number of hydrogen-bond donors (Lipinski definition) is 3. The van der Waals surface area contributed by atoms with E-state index in [-0.39, 0.29) is 31.8 Å². The van der Waals surface area contributed by atoms with Gasteiger partial charge >= 0.3 is 5.97 Å². The van der Waals surface area contributed by atoms with E-state index in [2.05, 4.69) is 5.32 Å². The number of halogens is 1. The number of aliphatic hydroxyl groups excluding tert-OH is 1. The highest BCUT2D eigenvalue weighted by Crippen LogP contribution is 2.15. The van der Waals surface area contributed by atoms with Crippen LogP contribution in [0.4, 0.5) is 4.39 Å². The second-order valence-electron chi connectivity index (χ2n) is 4.00. The van der Waals surface area contributed by atoms with Crippen molar-refractivity contribution in [2.45, 2.75) is 18.9 Å².